The number of nitrogens with one attached hydrogen (secondary N) is 1. The predicted octanol–water partition coefficient (Wildman–Crippen LogP) is 3.95. The van der Waals surface area contributed by atoms with Gasteiger partial charge in [-0.2, -0.15) is 8.78 Å². The fourth-order valence-electron chi connectivity index (χ4n) is 5.40. The number of imide groups is 1. The Labute approximate surface area is 208 Å². The minimum atomic E-state index is -2.87. The summed E-state index contributed by atoms with van der Waals surface area (Å²) in [4.78, 5) is 42.8. The van der Waals surface area contributed by atoms with Crippen molar-refractivity contribution >= 4 is 17.8 Å². The molecule has 1 N–H and O–H groups in total. The Hall–Kier alpha value is -3.33. The maximum atomic E-state index is 13.6. The predicted molar refractivity (Wildman–Crippen MR) is 127 cm³/mol. The average Bonchev–Trinajstić information content (AvgIpc) is 3.62. The molecule has 2 unspecified atom stereocenters. The van der Waals surface area contributed by atoms with Gasteiger partial charge in [-0.25, -0.2) is 4.79 Å². The first-order valence-electron chi connectivity index (χ1n) is 12.3. The van der Waals surface area contributed by atoms with E-state index in [1.165, 1.54) is 0 Å². The molecule has 4 amide bonds. The highest BCUT2D eigenvalue weighted by atomic mass is 19.3. The summed E-state index contributed by atoms with van der Waals surface area (Å²) in [6.07, 6.45) is 2.98. The van der Waals surface area contributed by atoms with E-state index in [1.54, 1.807) is 23.1 Å². The molecular formula is C27H29F2N3O4. The third kappa shape index (κ3) is 4.59. The summed E-state index contributed by atoms with van der Waals surface area (Å²) >= 11 is 0. The van der Waals surface area contributed by atoms with Crippen LogP contribution in [0.15, 0.2) is 48.5 Å². The van der Waals surface area contributed by atoms with Crippen LogP contribution in [0.2, 0.25) is 0 Å². The van der Waals surface area contributed by atoms with Gasteiger partial charge < -0.3 is 15.0 Å². The minimum absolute atomic E-state index is 0.00789. The number of urea groups is 1. The molecule has 190 valence electrons. The standard InChI is InChI=1S/C27H29F2N3O4/c1-17(20-8-9-20)31(14-18-5-3-2-4-6-18)23(33)15-32-24(34)27(30-26(32)35)12-11-21-13-19(7-10-22(21)27)16-36-25(28)29/h2-7,10,13,17,20,25H,8-9,11-12,14-16H2,1H3,(H,30,35). The lowest BCUT2D eigenvalue weighted by molar-refractivity contribution is -0.141. The van der Waals surface area contributed by atoms with Crippen LogP contribution >= 0.6 is 0 Å². The number of nitrogens with zero attached hydrogens (tertiary/aromatic N) is 2. The van der Waals surface area contributed by atoms with Gasteiger partial charge in [0, 0.05) is 12.6 Å². The molecule has 1 heterocycles. The van der Waals surface area contributed by atoms with Crippen molar-refractivity contribution in [2.24, 2.45) is 5.92 Å². The number of amides is 4. The zero-order chi connectivity index (χ0) is 25.4. The number of aryl methyl sites for hydroxylation is 1. The van der Waals surface area contributed by atoms with E-state index >= 15 is 0 Å². The Bertz CT molecular complexity index is 1170. The molecule has 0 radical (unpaired) electrons. The second kappa shape index (κ2) is 9.61. The summed E-state index contributed by atoms with van der Waals surface area (Å²) < 4.78 is 29.2. The molecule has 0 bridgehead atoms. The van der Waals surface area contributed by atoms with Gasteiger partial charge in [-0.3, -0.25) is 14.5 Å². The highest BCUT2D eigenvalue weighted by Crippen LogP contribution is 2.42. The number of benzene rings is 2. The number of fused-ring (bicyclic) bond motifs is 2. The van der Waals surface area contributed by atoms with Gasteiger partial charge in [-0.05, 0) is 60.8 Å². The van der Waals surface area contributed by atoms with Crippen LogP contribution in [0.4, 0.5) is 13.6 Å². The van der Waals surface area contributed by atoms with Gasteiger partial charge in [0.1, 0.15) is 12.1 Å². The molecule has 2 atom stereocenters. The number of hydrogen-bond donors (Lipinski definition) is 1. The summed E-state index contributed by atoms with van der Waals surface area (Å²) in [5.74, 6) is -0.288. The number of ether oxygens (including phenoxy) is 1. The first kappa shape index (κ1) is 24.4. The Morgan fingerprint density at radius 1 is 1.17 bits per heavy atom. The van der Waals surface area contributed by atoms with Gasteiger partial charge in [0.2, 0.25) is 5.91 Å². The Balaban J connectivity index is 1.33. The van der Waals surface area contributed by atoms with Crippen LogP contribution in [-0.4, -0.2) is 46.8 Å². The minimum Gasteiger partial charge on any atom is -0.334 e. The molecule has 2 fully saturated rings. The summed E-state index contributed by atoms with van der Waals surface area (Å²) in [6.45, 7) is -0.996. The zero-order valence-electron chi connectivity index (χ0n) is 20.1. The number of hydrogen-bond acceptors (Lipinski definition) is 4. The smallest absolute Gasteiger partial charge is 0.334 e. The molecule has 1 spiro atoms. The van der Waals surface area contributed by atoms with Crippen LogP contribution in [0.25, 0.3) is 0 Å². The van der Waals surface area contributed by atoms with Crippen LogP contribution < -0.4 is 5.32 Å². The zero-order valence-corrected chi connectivity index (χ0v) is 20.1. The van der Waals surface area contributed by atoms with Crippen LogP contribution in [0.3, 0.4) is 0 Å². The van der Waals surface area contributed by atoms with E-state index < -0.39 is 24.1 Å². The molecule has 3 aliphatic rings. The molecule has 7 nitrogen and oxygen atoms in total. The highest BCUT2D eigenvalue weighted by Gasteiger charge is 2.56. The number of carbonyl (C=O) groups is 3. The number of halogens is 2. The van der Waals surface area contributed by atoms with Crippen LogP contribution in [0, 0.1) is 5.92 Å². The molecule has 2 aromatic carbocycles. The number of rotatable bonds is 9. The SMILES string of the molecule is CC(C1CC1)N(Cc1ccccc1)C(=O)CN1C(=O)NC2(CCc3cc(COC(F)F)ccc32)C1=O. The maximum Gasteiger partial charge on any atom is 0.345 e. The van der Waals surface area contributed by atoms with Gasteiger partial charge in [0.05, 0.1) is 6.61 Å². The normalized spacial score (nSPS) is 21.7. The van der Waals surface area contributed by atoms with Gasteiger partial charge in [0.25, 0.3) is 5.91 Å². The Morgan fingerprint density at radius 3 is 2.61 bits per heavy atom. The molecule has 5 rings (SSSR count). The van der Waals surface area contributed by atoms with E-state index in [0.717, 1.165) is 28.9 Å². The maximum absolute atomic E-state index is 13.6. The Kier molecular flexibility index (Phi) is 6.51. The van der Waals surface area contributed by atoms with Gasteiger partial charge in [-0.1, -0.05) is 48.5 Å². The molecular weight excluding hydrogens is 468 g/mol. The van der Waals surface area contributed by atoms with Crippen molar-refractivity contribution < 1.29 is 27.9 Å². The van der Waals surface area contributed by atoms with Gasteiger partial charge >= 0.3 is 12.6 Å². The lowest BCUT2D eigenvalue weighted by atomic mass is 9.91. The summed E-state index contributed by atoms with van der Waals surface area (Å²) in [7, 11) is 0. The van der Waals surface area contributed by atoms with E-state index in [9.17, 15) is 23.2 Å². The van der Waals surface area contributed by atoms with Crippen molar-refractivity contribution in [1.82, 2.24) is 15.1 Å². The van der Waals surface area contributed by atoms with E-state index in [4.69, 9.17) is 0 Å². The fraction of sp³-hybridized carbons (Fsp3) is 0.444. The van der Waals surface area contributed by atoms with Crippen molar-refractivity contribution in [1.29, 1.82) is 0 Å². The topological polar surface area (TPSA) is 79.0 Å². The number of carbonyl (C=O) groups excluding carboxylic acids is 3. The Morgan fingerprint density at radius 2 is 1.92 bits per heavy atom. The molecule has 1 saturated heterocycles. The monoisotopic (exact) mass is 497 g/mol. The molecule has 1 aliphatic heterocycles. The van der Waals surface area contributed by atoms with E-state index in [0.29, 0.717) is 36.4 Å². The van der Waals surface area contributed by atoms with Gasteiger partial charge in [-0.15, -0.1) is 0 Å². The molecule has 9 heteroatoms. The first-order valence-corrected chi connectivity index (χ1v) is 12.3. The highest BCUT2D eigenvalue weighted by molar-refractivity contribution is 6.10. The van der Waals surface area contributed by atoms with Crippen molar-refractivity contribution in [2.75, 3.05) is 6.54 Å². The van der Waals surface area contributed by atoms with Crippen molar-refractivity contribution in [3.8, 4) is 0 Å². The van der Waals surface area contributed by atoms with Crippen molar-refractivity contribution in [3.63, 3.8) is 0 Å². The van der Waals surface area contributed by atoms with E-state index in [2.05, 4.69) is 10.1 Å². The lowest BCUT2D eigenvalue weighted by Crippen LogP contribution is -2.47. The fourth-order valence-corrected chi connectivity index (χ4v) is 5.40. The van der Waals surface area contributed by atoms with Crippen molar-refractivity contribution in [2.45, 2.75) is 64.0 Å². The van der Waals surface area contributed by atoms with Gasteiger partial charge in [0.15, 0.2) is 0 Å². The number of alkyl halides is 2. The quantitative estimate of drug-likeness (QED) is 0.533. The molecule has 36 heavy (non-hydrogen) atoms. The average molecular weight is 498 g/mol. The third-order valence-electron chi connectivity index (χ3n) is 7.56. The van der Waals surface area contributed by atoms with E-state index in [-0.39, 0.29) is 25.1 Å². The molecule has 1 saturated carbocycles. The third-order valence-corrected chi connectivity index (χ3v) is 7.56. The second-order valence-electron chi connectivity index (χ2n) is 9.88. The molecule has 2 aliphatic carbocycles. The molecule has 0 aromatic heterocycles. The second-order valence-corrected chi connectivity index (χ2v) is 9.88. The van der Waals surface area contributed by atoms with Crippen LogP contribution in [0.1, 0.15) is 48.4 Å². The summed E-state index contributed by atoms with van der Waals surface area (Å²) in [6, 6.07) is 14.1. The first-order chi connectivity index (χ1) is 17.3. The lowest BCUT2D eigenvalue weighted by Gasteiger charge is -2.31. The summed E-state index contributed by atoms with van der Waals surface area (Å²) in [5.41, 5.74) is 1.77. The van der Waals surface area contributed by atoms with Crippen molar-refractivity contribution in [3.05, 3.63) is 70.8 Å². The largest absolute Gasteiger partial charge is 0.345 e. The van der Waals surface area contributed by atoms with E-state index in [1.807, 2.05) is 37.3 Å². The van der Waals surface area contributed by atoms with Crippen LogP contribution in [0.5, 0.6) is 0 Å². The van der Waals surface area contributed by atoms with Crippen LogP contribution in [-0.2, 0) is 39.4 Å². The summed E-state index contributed by atoms with van der Waals surface area (Å²) in [5, 5.41) is 2.83. The molecule has 2 aromatic rings.